The molecular weight excluding hydrogens is 272 g/mol. The van der Waals surface area contributed by atoms with E-state index in [-0.39, 0.29) is 17.5 Å². The number of rotatable bonds is 2. The van der Waals surface area contributed by atoms with Gasteiger partial charge in [0.1, 0.15) is 0 Å². The van der Waals surface area contributed by atoms with E-state index in [0.717, 1.165) is 11.0 Å². The van der Waals surface area contributed by atoms with Crippen molar-refractivity contribution in [3.63, 3.8) is 0 Å². The van der Waals surface area contributed by atoms with E-state index in [1.165, 1.54) is 13.2 Å². The lowest BCUT2D eigenvalue weighted by Gasteiger charge is -2.10. The number of carbonyl (C=O) groups is 1. The van der Waals surface area contributed by atoms with Gasteiger partial charge in [0, 0.05) is 13.1 Å². The number of para-hydroxylation sites is 2. The molecular formula is C14H12N4O3. The smallest absolute Gasteiger partial charge is 0.299 e. The second-order valence-corrected chi connectivity index (χ2v) is 4.74. The summed E-state index contributed by atoms with van der Waals surface area (Å²) in [5.74, 6) is 0.801. The van der Waals surface area contributed by atoms with E-state index < -0.39 is 0 Å². The number of carbonyl (C=O) groups excluding carboxylic acids is 1. The molecule has 0 fully saturated rings. The highest BCUT2D eigenvalue weighted by molar-refractivity contribution is 6.04. The van der Waals surface area contributed by atoms with Crippen LogP contribution in [-0.2, 0) is 6.54 Å². The maximum atomic E-state index is 12.5. The minimum atomic E-state index is -0.264. The zero-order valence-electron chi connectivity index (χ0n) is 11.3. The molecule has 0 bridgehead atoms. The normalized spacial score (nSPS) is 13.7. The van der Waals surface area contributed by atoms with E-state index in [0.29, 0.717) is 19.0 Å². The average Bonchev–Trinajstić information content (AvgIpc) is 3.21. The van der Waals surface area contributed by atoms with Crippen LogP contribution in [0.15, 0.2) is 34.9 Å². The number of anilines is 1. The summed E-state index contributed by atoms with van der Waals surface area (Å²) in [7, 11) is 1.47. The third-order valence-corrected chi connectivity index (χ3v) is 3.58. The summed E-state index contributed by atoms with van der Waals surface area (Å²) in [6.45, 7) is 1.28. The average molecular weight is 284 g/mol. The van der Waals surface area contributed by atoms with Gasteiger partial charge in [0.2, 0.25) is 11.7 Å². The van der Waals surface area contributed by atoms with Crippen molar-refractivity contribution in [3.05, 3.63) is 36.1 Å². The molecule has 7 nitrogen and oxygen atoms in total. The fourth-order valence-corrected chi connectivity index (χ4v) is 2.57. The number of fused-ring (bicyclic) bond motifs is 3. The Hall–Kier alpha value is -2.83. The number of aromatic nitrogens is 3. The second-order valence-electron chi connectivity index (χ2n) is 4.74. The Morgan fingerprint density at radius 3 is 3.00 bits per heavy atom. The summed E-state index contributed by atoms with van der Waals surface area (Å²) in [4.78, 5) is 18.6. The molecule has 2 aromatic heterocycles. The quantitative estimate of drug-likeness (QED) is 0.716. The van der Waals surface area contributed by atoms with E-state index in [4.69, 9.17) is 9.26 Å². The van der Waals surface area contributed by atoms with Gasteiger partial charge >= 0.3 is 0 Å². The molecule has 1 aromatic carbocycles. The van der Waals surface area contributed by atoms with Gasteiger partial charge in [-0.15, -0.1) is 0 Å². The number of hydrogen-bond donors (Lipinski definition) is 0. The highest BCUT2D eigenvalue weighted by Crippen LogP contribution is 2.28. The zero-order chi connectivity index (χ0) is 14.4. The molecule has 7 heteroatoms. The number of hydrogen-bond acceptors (Lipinski definition) is 5. The topological polar surface area (TPSA) is 73.4 Å². The lowest BCUT2D eigenvalue weighted by atomic mass is 10.3. The van der Waals surface area contributed by atoms with E-state index in [2.05, 4.69) is 10.1 Å². The first-order chi connectivity index (χ1) is 10.3. The third-order valence-electron chi connectivity index (χ3n) is 3.58. The van der Waals surface area contributed by atoms with Crippen LogP contribution in [0.5, 0.6) is 5.88 Å². The van der Waals surface area contributed by atoms with Gasteiger partial charge in [0.05, 0.1) is 24.2 Å². The monoisotopic (exact) mass is 284 g/mol. The highest BCUT2D eigenvalue weighted by Gasteiger charge is 2.31. The molecule has 0 saturated carbocycles. The Balaban J connectivity index is 1.74. The molecule has 0 unspecified atom stereocenters. The summed E-state index contributed by atoms with van der Waals surface area (Å²) in [6, 6.07) is 9.30. The third kappa shape index (κ3) is 1.70. The lowest BCUT2D eigenvalue weighted by molar-refractivity contribution is 0.0953. The summed E-state index contributed by atoms with van der Waals surface area (Å²) < 4.78 is 12.0. The maximum Gasteiger partial charge on any atom is 0.299 e. The second kappa shape index (κ2) is 4.34. The first kappa shape index (κ1) is 12.0. The molecule has 0 N–H and O–H groups in total. The van der Waals surface area contributed by atoms with E-state index in [9.17, 15) is 4.79 Å². The van der Waals surface area contributed by atoms with Crippen molar-refractivity contribution in [2.24, 2.45) is 0 Å². The molecule has 0 atom stereocenters. The van der Waals surface area contributed by atoms with E-state index in [1.54, 1.807) is 4.90 Å². The standard InChI is InChI=1S/C14H12N4O3/c1-20-12-8-11(21-16-12)13(19)18-7-6-17-10-5-3-2-4-9(10)15-14(17)18/h2-5,8H,6-7H2,1H3. The van der Waals surface area contributed by atoms with E-state index >= 15 is 0 Å². The Morgan fingerprint density at radius 1 is 1.33 bits per heavy atom. The number of amides is 1. The summed E-state index contributed by atoms with van der Waals surface area (Å²) >= 11 is 0. The molecule has 21 heavy (non-hydrogen) atoms. The summed E-state index contributed by atoms with van der Waals surface area (Å²) in [6.07, 6.45) is 0. The summed E-state index contributed by atoms with van der Waals surface area (Å²) in [5.41, 5.74) is 1.90. The van der Waals surface area contributed by atoms with Gasteiger partial charge < -0.3 is 13.8 Å². The fraction of sp³-hybridized carbons (Fsp3) is 0.214. The first-order valence-corrected chi connectivity index (χ1v) is 6.56. The molecule has 3 aromatic rings. The maximum absolute atomic E-state index is 12.5. The van der Waals surface area contributed by atoms with Crippen molar-refractivity contribution in [1.29, 1.82) is 0 Å². The Bertz CT molecular complexity index is 836. The van der Waals surface area contributed by atoms with Gasteiger partial charge in [-0.25, -0.2) is 4.98 Å². The molecule has 0 aliphatic carbocycles. The number of ether oxygens (including phenoxy) is 1. The highest BCUT2D eigenvalue weighted by atomic mass is 16.5. The van der Waals surface area contributed by atoms with Crippen LogP contribution in [-0.4, -0.2) is 34.3 Å². The van der Waals surface area contributed by atoms with Crippen LogP contribution in [0.2, 0.25) is 0 Å². The fourth-order valence-electron chi connectivity index (χ4n) is 2.57. The van der Waals surface area contributed by atoms with Crippen molar-refractivity contribution in [2.45, 2.75) is 6.54 Å². The van der Waals surface area contributed by atoms with Gasteiger partial charge in [0.25, 0.3) is 11.8 Å². The number of benzene rings is 1. The van der Waals surface area contributed by atoms with Crippen LogP contribution >= 0.6 is 0 Å². The Kier molecular flexibility index (Phi) is 2.47. The Morgan fingerprint density at radius 2 is 2.19 bits per heavy atom. The van der Waals surface area contributed by atoms with Crippen LogP contribution in [0.1, 0.15) is 10.6 Å². The minimum Gasteiger partial charge on any atom is -0.479 e. The van der Waals surface area contributed by atoms with Crippen LogP contribution in [0.4, 0.5) is 5.95 Å². The number of imidazole rings is 1. The molecule has 0 saturated heterocycles. The number of methoxy groups -OCH3 is 1. The van der Waals surface area contributed by atoms with Gasteiger partial charge in [0.15, 0.2) is 0 Å². The van der Waals surface area contributed by atoms with Crippen LogP contribution < -0.4 is 9.64 Å². The lowest BCUT2D eigenvalue weighted by Crippen LogP contribution is -2.29. The van der Waals surface area contributed by atoms with Crippen molar-refractivity contribution in [1.82, 2.24) is 14.7 Å². The molecule has 0 spiro atoms. The van der Waals surface area contributed by atoms with Gasteiger partial charge in [-0.05, 0) is 17.3 Å². The first-order valence-electron chi connectivity index (χ1n) is 6.56. The SMILES string of the molecule is COc1cc(C(=O)N2CCn3c2nc2ccccc23)on1. The van der Waals surface area contributed by atoms with Gasteiger partial charge in [-0.1, -0.05) is 12.1 Å². The molecule has 1 amide bonds. The predicted octanol–water partition coefficient (Wildman–Crippen LogP) is 1.69. The van der Waals surface area contributed by atoms with Crippen molar-refractivity contribution < 1.29 is 14.1 Å². The van der Waals surface area contributed by atoms with Crippen molar-refractivity contribution >= 4 is 22.9 Å². The van der Waals surface area contributed by atoms with Gasteiger partial charge in [-0.3, -0.25) is 9.69 Å². The van der Waals surface area contributed by atoms with Crippen molar-refractivity contribution in [3.8, 4) is 5.88 Å². The largest absolute Gasteiger partial charge is 0.479 e. The Labute approximate surface area is 119 Å². The minimum absolute atomic E-state index is 0.146. The van der Waals surface area contributed by atoms with Crippen LogP contribution in [0.3, 0.4) is 0 Å². The molecule has 1 aliphatic heterocycles. The molecule has 3 heterocycles. The van der Waals surface area contributed by atoms with Crippen molar-refractivity contribution in [2.75, 3.05) is 18.6 Å². The number of nitrogens with zero attached hydrogens (tertiary/aromatic N) is 4. The predicted molar refractivity (Wildman–Crippen MR) is 74.5 cm³/mol. The summed E-state index contributed by atoms with van der Waals surface area (Å²) in [5, 5.41) is 3.65. The molecule has 106 valence electrons. The molecule has 4 rings (SSSR count). The van der Waals surface area contributed by atoms with Crippen LogP contribution in [0.25, 0.3) is 11.0 Å². The van der Waals surface area contributed by atoms with Crippen LogP contribution in [0, 0.1) is 0 Å². The zero-order valence-corrected chi connectivity index (χ0v) is 11.3. The van der Waals surface area contributed by atoms with E-state index in [1.807, 2.05) is 28.8 Å². The molecule has 1 aliphatic rings. The molecule has 0 radical (unpaired) electrons. The van der Waals surface area contributed by atoms with Gasteiger partial charge in [-0.2, -0.15) is 0 Å².